The second-order valence-electron chi connectivity index (χ2n) is 40.0. The van der Waals surface area contributed by atoms with E-state index in [0.29, 0.717) is 62.5 Å². The number of benzene rings is 9. The molecule has 0 spiro atoms. The van der Waals surface area contributed by atoms with Crippen LogP contribution >= 0.6 is 0 Å². The molecule has 2 aliphatic heterocycles. The van der Waals surface area contributed by atoms with Crippen LogP contribution in [0, 0.1) is 13.8 Å². The van der Waals surface area contributed by atoms with Crippen molar-refractivity contribution in [2.45, 2.75) is 250 Å². The van der Waals surface area contributed by atoms with E-state index >= 15 is 14.4 Å². The minimum Gasteiger partial charge on any atom is -0.541 e. The molecule has 9 aromatic carbocycles. The lowest BCUT2D eigenvalue weighted by Gasteiger charge is -2.49. The first-order chi connectivity index (χ1) is 62.7. The van der Waals surface area contributed by atoms with Gasteiger partial charge in [0.05, 0.1) is 19.3 Å². The Balaban J connectivity index is 1.13. The number of ether oxygens (including phenoxy) is 14. The fourth-order valence-electron chi connectivity index (χ4n) is 13.8. The summed E-state index contributed by atoms with van der Waals surface area (Å²) in [6, 6.07) is 71.2. The van der Waals surface area contributed by atoms with Gasteiger partial charge in [-0.25, -0.2) is 24.0 Å². The highest BCUT2D eigenvalue weighted by atomic mass is 28.4. The van der Waals surface area contributed by atoms with Crippen molar-refractivity contribution in [3.8, 4) is 46.0 Å². The minimum atomic E-state index is -2.60. The van der Waals surface area contributed by atoms with Gasteiger partial charge in [-0.3, -0.25) is 0 Å². The lowest BCUT2D eigenvalue weighted by molar-refractivity contribution is -0.360. The fourth-order valence-corrected chi connectivity index (χ4v) is 17.9. The summed E-state index contributed by atoms with van der Waals surface area (Å²) in [6.07, 6.45) is -14.9. The first-order valence-electron chi connectivity index (χ1n) is 45.5. The highest BCUT2D eigenvalue weighted by molar-refractivity contribution is 6.76. The number of carbonyl (C=O) groups is 5. The van der Waals surface area contributed by atoms with Crippen LogP contribution < -0.4 is 36.7 Å². The Labute approximate surface area is 789 Å². The van der Waals surface area contributed by atoms with E-state index in [9.17, 15) is 9.59 Å². The molecule has 10 atom stereocenters. The Morgan fingerprint density at radius 1 is 0.361 bits per heavy atom. The van der Waals surface area contributed by atoms with Crippen LogP contribution in [-0.2, 0) is 83.4 Å². The van der Waals surface area contributed by atoms with Gasteiger partial charge in [0.1, 0.15) is 63.8 Å². The molecule has 0 unspecified atom stereocenters. The molecular weight excluding hydrogens is 1750 g/mol. The summed E-state index contributed by atoms with van der Waals surface area (Å²) in [7, 11) is -10.2. The van der Waals surface area contributed by atoms with Crippen molar-refractivity contribution < 1.29 is 108 Å². The van der Waals surface area contributed by atoms with Gasteiger partial charge in [-0.15, -0.1) is 0 Å². The largest absolute Gasteiger partial charge is 0.541 e. The van der Waals surface area contributed by atoms with E-state index in [-0.39, 0.29) is 38.9 Å². The third kappa shape index (κ3) is 27.5. The third-order valence-corrected chi connectivity index (χ3v) is 43.0. The Morgan fingerprint density at radius 2 is 0.714 bits per heavy atom. The second-order valence-corrected chi connectivity index (χ2v) is 58.9. The first kappa shape index (κ1) is 103. The summed E-state index contributed by atoms with van der Waals surface area (Å²) >= 11 is 0. The van der Waals surface area contributed by atoms with Crippen molar-refractivity contribution in [3.05, 3.63) is 282 Å². The molecule has 0 bridgehead atoms. The molecule has 712 valence electrons. The standard InChI is InChI=1S/C106H134O23Si4/c1-72-49-56-78(57-50-72)106(77-39-29-24-30-40-77,79-58-51-73(2)52-59-79)117-67-88-95(120-89(107)62-55-75-53-60-84(126-130(16,17)102(4,5)6)86(65-75)128-132(20,21)104(10,11)12)97(98(123-92(110)70-115-82-45-35-27-36-46-82)100(119-88)112-64-63-76-54-61-85(127-131(18,19)103(7,8)9)87(66-76)129-133(22,23)105(13,14)15)125-101-99(124-93(111)71-116-83-47-37-28-38-48-83)96(122-91(109)69-114-81-43-33-26-34-44-81)94(74(3)118-101)121-90(108)68-113-80-41-31-25-32-42-80/h24-62,65-66,74,88,94-101H,63-64,67-71H2,1-23H3/b62-55+/t74-,88+,94-,95+,96+,97-,98+,99+,100+,101-/m0/s1. The second kappa shape index (κ2) is 44.1. The zero-order valence-electron chi connectivity index (χ0n) is 81.3. The Hall–Kier alpha value is -10.9. The molecular formula is C106H134O23Si4. The number of hydrogen-bond donors (Lipinski definition) is 0. The van der Waals surface area contributed by atoms with Crippen LogP contribution in [0.25, 0.3) is 6.08 Å². The molecule has 133 heavy (non-hydrogen) atoms. The Bertz CT molecular complexity index is 5280. The van der Waals surface area contributed by atoms with E-state index in [2.05, 4.69) is 135 Å². The number of aryl methyl sites for hydroxylation is 2. The van der Waals surface area contributed by atoms with Gasteiger partial charge in [0.25, 0.3) is 33.3 Å². The molecule has 9 aromatic rings. The fraction of sp³-hybridized carbons (Fsp3) is 0.425. The first-order valence-corrected chi connectivity index (χ1v) is 57.1. The van der Waals surface area contributed by atoms with Gasteiger partial charge >= 0.3 is 29.8 Å². The van der Waals surface area contributed by atoms with Gasteiger partial charge in [-0.05, 0) is 206 Å². The minimum absolute atomic E-state index is 0.168. The molecule has 2 heterocycles. The quantitative estimate of drug-likeness (QED) is 0.0114. The topological polar surface area (TPSA) is 251 Å². The van der Waals surface area contributed by atoms with Crippen molar-refractivity contribution in [1.29, 1.82) is 0 Å². The van der Waals surface area contributed by atoms with Crippen molar-refractivity contribution in [3.63, 3.8) is 0 Å². The van der Waals surface area contributed by atoms with Gasteiger partial charge in [0.15, 0.2) is 69.5 Å². The smallest absolute Gasteiger partial charge is 0.344 e. The van der Waals surface area contributed by atoms with Crippen LogP contribution in [0.2, 0.25) is 72.5 Å². The van der Waals surface area contributed by atoms with Crippen molar-refractivity contribution in [2.75, 3.05) is 39.6 Å². The summed E-state index contributed by atoms with van der Waals surface area (Å²) < 4.78 is 123. The average molecular weight is 1890 g/mol. The molecule has 0 N–H and O–H groups in total. The van der Waals surface area contributed by atoms with Crippen molar-refractivity contribution in [1.82, 2.24) is 0 Å². The van der Waals surface area contributed by atoms with Crippen LogP contribution in [0.4, 0.5) is 0 Å². The molecule has 27 heteroatoms. The van der Waals surface area contributed by atoms with Crippen LogP contribution in [0.3, 0.4) is 0 Å². The number of para-hydroxylation sites is 4. The molecule has 0 saturated carbocycles. The molecule has 0 amide bonds. The van der Waals surface area contributed by atoms with Gasteiger partial charge < -0.3 is 84.0 Å². The molecule has 0 aromatic heterocycles. The van der Waals surface area contributed by atoms with E-state index in [0.717, 1.165) is 16.7 Å². The highest BCUT2D eigenvalue weighted by Crippen LogP contribution is 2.49. The van der Waals surface area contributed by atoms with Crippen molar-refractivity contribution in [2.24, 2.45) is 0 Å². The van der Waals surface area contributed by atoms with Crippen molar-refractivity contribution >= 4 is 69.2 Å². The maximum atomic E-state index is 16.1. The number of esters is 5. The monoisotopic (exact) mass is 1890 g/mol. The lowest BCUT2D eigenvalue weighted by Crippen LogP contribution is -2.67. The van der Waals surface area contributed by atoms with Crippen LogP contribution in [-0.4, -0.2) is 164 Å². The Morgan fingerprint density at radius 3 is 1.12 bits per heavy atom. The van der Waals surface area contributed by atoms with E-state index in [4.69, 9.17) is 84.0 Å². The summed E-state index contributed by atoms with van der Waals surface area (Å²) in [5.74, 6) is -1.53. The molecule has 11 rings (SSSR count). The molecule has 2 saturated heterocycles. The van der Waals surface area contributed by atoms with Gasteiger partial charge in [0.2, 0.25) is 0 Å². The van der Waals surface area contributed by atoms with Crippen LogP contribution in [0.15, 0.2) is 243 Å². The number of carbonyl (C=O) groups excluding carboxylic acids is 5. The van der Waals surface area contributed by atoms with E-state index in [1.165, 1.54) is 13.0 Å². The summed E-state index contributed by atoms with van der Waals surface area (Å²) in [5.41, 5.74) is 3.81. The zero-order valence-corrected chi connectivity index (χ0v) is 85.3. The van der Waals surface area contributed by atoms with Crippen LogP contribution in [0.1, 0.15) is 129 Å². The third-order valence-electron chi connectivity index (χ3n) is 25.6. The number of hydrogen-bond acceptors (Lipinski definition) is 23. The summed E-state index contributed by atoms with van der Waals surface area (Å²) in [5, 5.41) is -0.817. The Kier molecular flexibility index (Phi) is 34.0. The van der Waals surface area contributed by atoms with E-state index in [1.807, 2.05) is 129 Å². The average Bonchev–Trinajstić information content (AvgIpc) is 0.750. The number of rotatable bonds is 39. The molecule has 23 nitrogen and oxygen atoms in total. The maximum Gasteiger partial charge on any atom is 0.344 e. The van der Waals surface area contributed by atoms with E-state index < -0.39 is 163 Å². The molecule has 0 radical (unpaired) electrons. The van der Waals surface area contributed by atoms with E-state index in [1.54, 1.807) is 127 Å². The maximum absolute atomic E-state index is 16.1. The lowest BCUT2D eigenvalue weighted by atomic mass is 9.79. The summed E-state index contributed by atoms with van der Waals surface area (Å²) in [6.45, 7) is 45.4. The van der Waals surface area contributed by atoms with Gasteiger partial charge in [0, 0.05) is 6.08 Å². The zero-order chi connectivity index (χ0) is 96.5. The molecule has 2 aliphatic rings. The molecule has 0 aliphatic carbocycles. The normalized spacial score (nSPS) is 19.3. The van der Waals surface area contributed by atoms with Crippen LogP contribution in [0.5, 0.6) is 46.0 Å². The predicted octanol–water partition coefficient (Wildman–Crippen LogP) is 21.9. The van der Waals surface area contributed by atoms with Gasteiger partial charge in [-0.2, -0.15) is 0 Å². The predicted molar refractivity (Wildman–Crippen MR) is 523 cm³/mol. The highest BCUT2D eigenvalue weighted by Gasteiger charge is 2.59. The SMILES string of the molecule is Cc1ccc(C(OC[C@H]2O[C@@H](OCCc3ccc(O[Si](C)(C)C(C)(C)C)c(O[Si](C)(C)C(C)(C)C)c3)[C@H](OC(=O)COc3ccccc3)[C@@H](O[C@@H]3O[C@@H](C)[C@H](OC(=O)COc4ccccc4)[C@@H](OC(=O)COc4ccccc4)[C@H]3OC(=O)COc3ccccc3)[C@@H]2OC(=O)/C=C/c2ccc(O[Si](C)(C)C(C)(C)C)c(O[Si](C)(C)C(C)(C)C)c2)(c2ccccc2)c2ccc(C)cc2)cc1. The summed E-state index contributed by atoms with van der Waals surface area (Å²) in [4.78, 5) is 76.2. The molecule has 2 fully saturated rings. The van der Waals surface area contributed by atoms with Gasteiger partial charge in [-0.1, -0.05) is 258 Å².